The maximum Gasteiger partial charge on any atom is 0.411 e. The third-order valence-corrected chi connectivity index (χ3v) is 2.61. The number of hydrogen-bond acceptors (Lipinski definition) is 3. The Bertz CT molecular complexity index is 381. The van der Waals surface area contributed by atoms with Crippen LogP contribution in [0.3, 0.4) is 0 Å². The normalized spacial score (nSPS) is 10.4. The average molecular weight is 254 g/mol. The first-order valence-electron chi connectivity index (χ1n) is 6.07. The first kappa shape index (κ1) is 14.4. The van der Waals surface area contributed by atoms with Crippen molar-refractivity contribution >= 4 is 11.8 Å². The van der Waals surface area contributed by atoms with E-state index in [2.05, 4.69) is 24.1 Å². The van der Waals surface area contributed by atoms with Gasteiger partial charge < -0.3 is 9.64 Å². The second-order valence-electron chi connectivity index (χ2n) is 3.80. The second kappa shape index (κ2) is 7.66. The number of anilines is 1. The largest absolute Gasteiger partial charge is 0.448 e. The molecule has 1 aromatic carbocycles. The molecule has 0 saturated heterocycles. The Balaban J connectivity index is 2.29. The summed E-state index contributed by atoms with van der Waals surface area (Å²) in [7, 11) is 0. The van der Waals surface area contributed by atoms with Gasteiger partial charge in [-0.3, -0.25) is 5.32 Å². The quantitative estimate of drug-likeness (QED) is 0.848. The van der Waals surface area contributed by atoms with Crippen LogP contribution in [0.2, 0.25) is 0 Å². The lowest BCUT2D eigenvalue weighted by Gasteiger charge is -2.17. The fourth-order valence-electron chi connectivity index (χ4n) is 1.53. The molecular formula is C13H19FN2O2. The summed E-state index contributed by atoms with van der Waals surface area (Å²) in [6, 6.07) is 5.69. The van der Waals surface area contributed by atoms with Crippen LogP contribution in [-0.4, -0.2) is 37.2 Å². The van der Waals surface area contributed by atoms with Crippen LogP contribution in [0.25, 0.3) is 0 Å². The van der Waals surface area contributed by atoms with E-state index in [4.69, 9.17) is 4.74 Å². The third kappa shape index (κ3) is 5.14. The summed E-state index contributed by atoms with van der Waals surface area (Å²) in [5, 5.41) is 2.47. The molecule has 0 aromatic heterocycles. The first-order valence-corrected chi connectivity index (χ1v) is 6.07. The summed E-state index contributed by atoms with van der Waals surface area (Å²) in [6.45, 7) is 6.97. The van der Waals surface area contributed by atoms with Gasteiger partial charge in [-0.1, -0.05) is 19.9 Å². The predicted molar refractivity (Wildman–Crippen MR) is 69.2 cm³/mol. The molecule has 0 aliphatic rings. The van der Waals surface area contributed by atoms with Gasteiger partial charge in [0.05, 0.1) is 0 Å². The van der Waals surface area contributed by atoms with E-state index < -0.39 is 11.9 Å². The van der Waals surface area contributed by atoms with Gasteiger partial charge in [0.25, 0.3) is 0 Å². The highest BCUT2D eigenvalue weighted by Crippen LogP contribution is 2.09. The lowest BCUT2D eigenvalue weighted by atomic mass is 10.3. The standard InChI is InChI=1S/C13H19FN2O2/c1-3-16(4-2)8-9-18-13(17)15-12-7-5-6-11(14)10-12/h5-7,10H,3-4,8-9H2,1-2H3,(H,15,17). The summed E-state index contributed by atoms with van der Waals surface area (Å²) in [5.41, 5.74) is 0.392. The Hall–Kier alpha value is -1.62. The van der Waals surface area contributed by atoms with Crippen molar-refractivity contribution in [3.63, 3.8) is 0 Å². The van der Waals surface area contributed by atoms with E-state index in [0.717, 1.165) is 13.1 Å². The smallest absolute Gasteiger partial charge is 0.411 e. The highest BCUT2D eigenvalue weighted by molar-refractivity contribution is 5.84. The number of likely N-dealkylation sites (N-methyl/N-ethyl adjacent to an activating group) is 1. The van der Waals surface area contributed by atoms with Gasteiger partial charge in [-0.2, -0.15) is 0 Å². The number of nitrogens with one attached hydrogen (secondary N) is 1. The molecule has 1 N–H and O–H groups in total. The molecule has 0 heterocycles. The van der Waals surface area contributed by atoms with E-state index in [1.54, 1.807) is 6.07 Å². The first-order chi connectivity index (χ1) is 8.65. The minimum Gasteiger partial charge on any atom is -0.448 e. The van der Waals surface area contributed by atoms with Crippen molar-refractivity contribution in [2.75, 3.05) is 31.6 Å². The molecule has 0 fully saturated rings. The minimum absolute atomic E-state index is 0.322. The molecule has 100 valence electrons. The maximum atomic E-state index is 12.9. The number of nitrogens with zero attached hydrogens (tertiary/aromatic N) is 1. The van der Waals surface area contributed by atoms with Crippen molar-refractivity contribution in [2.45, 2.75) is 13.8 Å². The van der Waals surface area contributed by atoms with Gasteiger partial charge in [0.15, 0.2) is 0 Å². The monoisotopic (exact) mass is 254 g/mol. The van der Waals surface area contributed by atoms with E-state index in [9.17, 15) is 9.18 Å². The van der Waals surface area contributed by atoms with E-state index in [1.807, 2.05) is 0 Å². The van der Waals surface area contributed by atoms with E-state index in [1.165, 1.54) is 18.2 Å². The molecule has 0 saturated carbocycles. The highest BCUT2D eigenvalue weighted by atomic mass is 19.1. The van der Waals surface area contributed by atoms with Gasteiger partial charge in [-0.15, -0.1) is 0 Å². The van der Waals surface area contributed by atoms with Crippen LogP contribution >= 0.6 is 0 Å². The van der Waals surface area contributed by atoms with E-state index in [0.29, 0.717) is 18.8 Å². The van der Waals surface area contributed by atoms with Gasteiger partial charge >= 0.3 is 6.09 Å². The molecule has 4 nitrogen and oxygen atoms in total. The fraction of sp³-hybridized carbons (Fsp3) is 0.462. The topological polar surface area (TPSA) is 41.6 Å². The second-order valence-corrected chi connectivity index (χ2v) is 3.80. The number of rotatable bonds is 6. The van der Waals surface area contributed by atoms with Crippen LogP contribution in [0.5, 0.6) is 0 Å². The summed E-state index contributed by atoms with van der Waals surface area (Å²) in [4.78, 5) is 13.6. The molecule has 18 heavy (non-hydrogen) atoms. The van der Waals surface area contributed by atoms with Crippen molar-refractivity contribution in [1.82, 2.24) is 4.90 Å². The molecule has 0 radical (unpaired) electrons. The molecule has 5 heteroatoms. The number of carbonyl (C=O) groups is 1. The van der Waals surface area contributed by atoms with Crippen LogP contribution in [0.1, 0.15) is 13.8 Å². The van der Waals surface area contributed by atoms with Crippen molar-refractivity contribution in [2.24, 2.45) is 0 Å². The van der Waals surface area contributed by atoms with Gasteiger partial charge in [0, 0.05) is 12.2 Å². The van der Waals surface area contributed by atoms with Crippen LogP contribution in [-0.2, 0) is 4.74 Å². The SMILES string of the molecule is CCN(CC)CCOC(=O)Nc1cccc(F)c1. The Kier molecular flexibility index (Phi) is 6.14. The molecule has 1 aromatic rings. The number of carbonyl (C=O) groups excluding carboxylic acids is 1. The Morgan fingerprint density at radius 3 is 2.72 bits per heavy atom. The van der Waals surface area contributed by atoms with Crippen molar-refractivity contribution in [1.29, 1.82) is 0 Å². The van der Waals surface area contributed by atoms with E-state index >= 15 is 0 Å². The molecule has 1 amide bonds. The molecule has 0 aliphatic heterocycles. The zero-order valence-corrected chi connectivity index (χ0v) is 10.8. The van der Waals surface area contributed by atoms with Crippen molar-refractivity contribution in [3.05, 3.63) is 30.1 Å². The lowest BCUT2D eigenvalue weighted by molar-refractivity contribution is 0.142. The number of halogens is 1. The Labute approximate surface area is 107 Å². The zero-order chi connectivity index (χ0) is 13.4. The molecule has 0 atom stereocenters. The summed E-state index contributed by atoms with van der Waals surface area (Å²) < 4.78 is 17.9. The highest BCUT2D eigenvalue weighted by Gasteiger charge is 2.05. The maximum absolute atomic E-state index is 12.9. The summed E-state index contributed by atoms with van der Waals surface area (Å²) in [5.74, 6) is -0.393. The third-order valence-electron chi connectivity index (χ3n) is 2.61. The number of benzene rings is 1. The molecule has 0 bridgehead atoms. The zero-order valence-electron chi connectivity index (χ0n) is 10.8. The number of amides is 1. The minimum atomic E-state index is -0.562. The number of hydrogen-bond donors (Lipinski definition) is 1. The molecular weight excluding hydrogens is 235 g/mol. The molecule has 0 aliphatic carbocycles. The van der Waals surface area contributed by atoms with Gasteiger partial charge in [0.1, 0.15) is 12.4 Å². The Morgan fingerprint density at radius 2 is 2.11 bits per heavy atom. The lowest BCUT2D eigenvalue weighted by Crippen LogP contribution is -2.28. The molecule has 0 spiro atoms. The van der Waals surface area contributed by atoms with Crippen LogP contribution < -0.4 is 5.32 Å². The van der Waals surface area contributed by atoms with Gasteiger partial charge in [-0.05, 0) is 31.3 Å². The van der Waals surface area contributed by atoms with Crippen molar-refractivity contribution in [3.8, 4) is 0 Å². The van der Waals surface area contributed by atoms with Crippen LogP contribution in [0, 0.1) is 5.82 Å². The molecule has 1 rings (SSSR count). The molecule has 0 unspecified atom stereocenters. The van der Waals surface area contributed by atoms with Crippen molar-refractivity contribution < 1.29 is 13.9 Å². The van der Waals surface area contributed by atoms with Crippen LogP contribution in [0.15, 0.2) is 24.3 Å². The average Bonchev–Trinajstić information content (AvgIpc) is 2.34. The van der Waals surface area contributed by atoms with Crippen LogP contribution in [0.4, 0.5) is 14.9 Å². The summed E-state index contributed by atoms with van der Waals surface area (Å²) >= 11 is 0. The fourth-order valence-corrected chi connectivity index (χ4v) is 1.53. The number of ether oxygens (including phenoxy) is 1. The summed E-state index contributed by atoms with van der Waals surface area (Å²) in [6.07, 6.45) is -0.562. The van der Waals surface area contributed by atoms with Gasteiger partial charge in [-0.25, -0.2) is 9.18 Å². The van der Waals surface area contributed by atoms with E-state index in [-0.39, 0.29) is 0 Å². The Morgan fingerprint density at radius 1 is 1.39 bits per heavy atom. The predicted octanol–water partition coefficient (Wildman–Crippen LogP) is 2.72. The van der Waals surface area contributed by atoms with Gasteiger partial charge in [0.2, 0.25) is 0 Å².